The van der Waals surface area contributed by atoms with Gasteiger partial charge in [-0.25, -0.2) is 0 Å². The van der Waals surface area contributed by atoms with Crippen molar-refractivity contribution >= 4 is 39.6 Å². The predicted molar refractivity (Wildman–Crippen MR) is 214 cm³/mol. The average Bonchev–Trinajstić information content (AvgIpc) is 3.72. The van der Waals surface area contributed by atoms with E-state index in [1.54, 1.807) is 23.0 Å². The summed E-state index contributed by atoms with van der Waals surface area (Å²) >= 11 is 0. The van der Waals surface area contributed by atoms with Crippen LogP contribution in [0.5, 0.6) is 0 Å². The maximum absolute atomic E-state index is 13.8. The number of anilines is 3. The first-order chi connectivity index (χ1) is 28.3. The molecule has 2 aliphatic heterocycles. The van der Waals surface area contributed by atoms with Crippen molar-refractivity contribution in [1.82, 2.24) is 19.9 Å². The number of nitrogens with zero attached hydrogens (tertiary/aromatic N) is 5. The zero-order chi connectivity index (χ0) is 40.2. The smallest absolute Gasteiger partial charge is 0.261 e. The van der Waals surface area contributed by atoms with E-state index in [-0.39, 0.29) is 38.2 Å². The van der Waals surface area contributed by atoms with Crippen molar-refractivity contribution < 1.29 is 44.2 Å². The van der Waals surface area contributed by atoms with Crippen molar-refractivity contribution in [2.45, 2.75) is 38.1 Å². The van der Waals surface area contributed by atoms with E-state index in [2.05, 4.69) is 63.7 Å². The molecule has 14 nitrogen and oxygen atoms in total. The molecule has 58 heavy (non-hydrogen) atoms. The van der Waals surface area contributed by atoms with Crippen molar-refractivity contribution in [3.05, 3.63) is 150 Å². The summed E-state index contributed by atoms with van der Waals surface area (Å²) in [5, 5.41) is 48.7. The normalized spacial score (nSPS) is 18.0. The number of rotatable bonds is 15. The maximum Gasteiger partial charge on any atom is 0.261 e. The number of carbonyl (C=O) groups excluding carboxylic acids is 2. The third-order valence-electron chi connectivity index (χ3n) is 10.1. The molecule has 5 aromatic carbocycles. The fourth-order valence-electron chi connectivity index (χ4n) is 7.26. The van der Waals surface area contributed by atoms with Crippen LogP contribution in [0.3, 0.4) is 0 Å². The van der Waals surface area contributed by atoms with E-state index in [1.165, 1.54) is 4.90 Å². The molecule has 0 aliphatic carbocycles. The molecule has 2 unspecified atom stereocenters. The molecule has 0 bridgehead atoms. The average molecular weight is 784 g/mol. The van der Waals surface area contributed by atoms with Crippen LogP contribution in [0.25, 0.3) is 21.9 Å². The molecule has 296 valence electrons. The summed E-state index contributed by atoms with van der Waals surface area (Å²) < 4.78 is 18.2. The lowest BCUT2D eigenvalue weighted by Gasteiger charge is -2.31. The number of aromatic nitrogens is 3. The van der Waals surface area contributed by atoms with Crippen LogP contribution in [0.15, 0.2) is 133 Å². The van der Waals surface area contributed by atoms with E-state index in [1.807, 2.05) is 54.6 Å². The summed E-state index contributed by atoms with van der Waals surface area (Å²) in [7, 11) is 0. The molecule has 6 aromatic rings. The highest BCUT2D eigenvalue weighted by molar-refractivity contribution is 6.27. The van der Waals surface area contributed by atoms with Gasteiger partial charge in [0.25, 0.3) is 11.8 Å². The lowest BCUT2D eigenvalue weighted by molar-refractivity contribution is -0.211. The van der Waals surface area contributed by atoms with E-state index in [9.17, 15) is 30.0 Å². The van der Waals surface area contributed by atoms with Gasteiger partial charge < -0.3 is 39.5 Å². The number of amides is 2. The minimum Gasteiger partial charge on any atom is -0.506 e. The van der Waals surface area contributed by atoms with Gasteiger partial charge in [0, 0.05) is 40.1 Å². The Morgan fingerprint density at radius 1 is 0.724 bits per heavy atom. The number of hydrogen-bond donors (Lipinski definition) is 4. The predicted octanol–water partition coefficient (Wildman–Crippen LogP) is 6.19. The monoisotopic (exact) mass is 783 g/mol. The molecular weight excluding hydrogens is 743 g/mol. The zero-order valence-corrected chi connectivity index (χ0v) is 31.3. The van der Waals surface area contributed by atoms with Gasteiger partial charge in [-0.1, -0.05) is 71.9 Å². The number of ether oxygens (including phenoxy) is 3. The van der Waals surface area contributed by atoms with Crippen LogP contribution in [-0.2, 0) is 27.4 Å². The van der Waals surface area contributed by atoms with Crippen LogP contribution in [0, 0.1) is 0 Å². The summed E-state index contributed by atoms with van der Waals surface area (Å²) in [6.07, 6.45) is -1.86. The summed E-state index contributed by atoms with van der Waals surface area (Å²) in [6.45, 7) is 0.183. The van der Waals surface area contributed by atoms with Gasteiger partial charge in [-0.2, -0.15) is 0 Å². The fraction of sp³-hybridized carbons (Fsp3) is 0.227. The Balaban J connectivity index is 0.881. The molecule has 2 aliphatic rings. The second-order valence-corrected chi connectivity index (χ2v) is 13.9. The number of hydrogen-bond acceptors (Lipinski definition) is 12. The van der Waals surface area contributed by atoms with E-state index < -0.39 is 36.6 Å². The first-order valence-electron chi connectivity index (χ1n) is 18.9. The van der Waals surface area contributed by atoms with Gasteiger partial charge in [0.2, 0.25) is 6.29 Å². The van der Waals surface area contributed by atoms with Crippen LogP contribution < -0.4 is 4.90 Å². The van der Waals surface area contributed by atoms with Gasteiger partial charge in [-0.05, 0) is 71.5 Å². The number of benzene rings is 5. The second-order valence-electron chi connectivity index (χ2n) is 13.9. The summed E-state index contributed by atoms with van der Waals surface area (Å²) in [5.41, 5.74) is 6.41. The first kappa shape index (κ1) is 38.5. The van der Waals surface area contributed by atoms with Gasteiger partial charge >= 0.3 is 0 Å². The van der Waals surface area contributed by atoms with Crippen molar-refractivity contribution in [1.29, 1.82) is 0 Å². The largest absolute Gasteiger partial charge is 0.506 e. The Kier molecular flexibility index (Phi) is 11.3. The first-order valence-corrected chi connectivity index (χ1v) is 18.9. The zero-order valence-electron chi connectivity index (χ0n) is 31.3. The Bertz CT molecular complexity index is 2380. The number of aliphatic hydroxyl groups excluding tert-OH is 4. The lowest BCUT2D eigenvalue weighted by Crippen LogP contribution is -2.44. The van der Waals surface area contributed by atoms with Crippen LogP contribution in [0.4, 0.5) is 17.1 Å². The standard InChI is InChI=1S/C44H41N5O9/c50-26-37-39(51)40(52)41(53)44(58-37)57-23-8-21-47-25-29(45-46-47)27-56-24-22-48-42(54)35-14-7-13-34-33(19-20-36(38(34)35)43(48)55)28-15-17-32(18-16-28)49(30-9-3-1-4-10-30)31-11-5-2-6-12-31/h1-7,9-20,25,37,39,44,50-53H,8,21-24,26-27H2/t37?,39?,44-/m1/s1. The summed E-state index contributed by atoms with van der Waals surface area (Å²) in [5.74, 6) is -2.10. The minimum absolute atomic E-state index is 0.0514. The molecule has 2 amide bonds. The molecule has 14 heteroatoms. The molecule has 0 radical (unpaired) electrons. The summed E-state index contributed by atoms with van der Waals surface area (Å²) in [6, 6.07) is 37.9. The summed E-state index contributed by atoms with van der Waals surface area (Å²) in [4.78, 5) is 31.0. The molecule has 3 atom stereocenters. The number of aliphatic hydroxyl groups is 4. The van der Waals surface area contributed by atoms with Crippen molar-refractivity contribution in [3.63, 3.8) is 0 Å². The van der Waals surface area contributed by atoms with Gasteiger partial charge in [0.15, 0.2) is 11.5 Å². The van der Waals surface area contributed by atoms with Crippen molar-refractivity contribution in [3.8, 4) is 11.1 Å². The van der Waals surface area contributed by atoms with Gasteiger partial charge in [0.1, 0.15) is 17.9 Å². The lowest BCUT2D eigenvalue weighted by atomic mass is 9.89. The van der Waals surface area contributed by atoms with Crippen molar-refractivity contribution in [2.24, 2.45) is 0 Å². The second kappa shape index (κ2) is 17.0. The maximum atomic E-state index is 13.8. The highest BCUT2D eigenvalue weighted by Crippen LogP contribution is 2.39. The highest BCUT2D eigenvalue weighted by Gasteiger charge is 2.38. The highest BCUT2D eigenvalue weighted by atomic mass is 16.7. The van der Waals surface area contributed by atoms with Crippen LogP contribution in [-0.4, -0.2) is 97.0 Å². The minimum atomic E-state index is -1.54. The number of imide groups is 1. The number of carbonyl (C=O) groups is 2. The SMILES string of the molecule is O=C1c2cccc3c(-c4ccc(N(c5ccccc5)c5ccccc5)cc4)ccc(c23)C(=O)N1CCOCc1cn(CCCO[C@@H]2OC(CO)C(O)C(O)=C2O)nn1. The molecule has 3 heterocycles. The molecular formula is C44H41N5O9. The topological polar surface area (TPSA) is 180 Å². The van der Waals surface area contributed by atoms with Crippen LogP contribution in [0.1, 0.15) is 32.8 Å². The van der Waals surface area contributed by atoms with E-state index in [0.717, 1.165) is 33.6 Å². The Morgan fingerprint density at radius 3 is 2.07 bits per heavy atom. The van der Waals surface area contributed by atoms with E-state index in [0.29, 0.717) is 35.2 Å². The van der Waals surface area contributed by atoms with E-state index >= 15 is 0 Å². The quantitative estimate of drug-likeness (QED) is 0.0686. The molecule has 8 rings (SSSR count). The Morgan fingerprint density at radius 2 is 1.38 bits per heavy atom. The molecule has 0 saturated carbocycles. The number of para-hydroxylation sites is 2. The number of aryl methyl sites for hydroxylation is 1. The third kappa shape index (κ3) is 7.66. The van der Waals surface area contributed by atoms with Crippen LogP contribution >= 0.6 is 0 Å². The van der Waals surface area contributed by atoms with Crippen molar-refractivity contribution in [2.75, 3.05) is 31.3 Å². The Labute approximate surface area is 333 Å². The fourth-order valence-corrected chi connectivity index (χ4v) is 7.26. The molecule has 0 spiro atoms. The van der Waals surface area contributed by atoms with Crippen LogP contribution in [0.2, 0.25) is 0 Å². The van der Waals surface area contributed by atoms with Gasteiger partial charge in [-0.15, -0.1) is 5.10 Å². The molecule has 0 saturated heterocycles. The van der Waals surface area contributed by atoms with Gasteiger partial charge in [0.05, 0.1) is 39.2 Å². The molecule has 0 fully saturated rings. The Hall–Kier alpha value is -6.42. The third-order valence-corrected chi connectivity index (χ3v) is 10.1. The molecule has 4 N–H and O–H groups in total. The van der Waals surface area contributed by atoms with Gasteiger partial charge in [-0.3, -0.25) is 19.2 Å². The van der Waals surface area contributed by atoms with E-state index in [4.69, 9.17) is 14.2 Å². The molecule has 1 aromatic heterocycles.